The normalized spacial score (nSPS) is 16.4. The monoisotopic (exact) mass is 263 g/mol. The van der Waals surface area contributed by atoms with Crippen molar-refractivity contribution in [2.24, 2.45) is 0 Å². The lowest BCUT2D eigenvalue weighted by molar-refractivity contribution is 0.0371. The lowest BCUT2D eigenvalue weighted by Crippen LogP contribution is -2.36. The fourth-order valence-corrected chi connectivity index (χ4v) is 2.32. The average Bonchev–Trinajstić information content (AvgIpc) is 2.48. The number of para-hydroxylation sites is 1. The van der Waals surface area contributed by atoms with Crippen molar-refractivity contribution in [3.63, 3.8) is 0 Å². The molecule has 106 valence electrons. The van der Waals surface area contributed by atoms with E-state index in [-0.39, 0.29) is 0 Å². The Bertz CT molecular complexity index is 323. The fourth-order valence-electron chi connectivity index (χ4n) is 2.32. The number of ether oxygens (including phenoxy) is 2. The minimum absolute atomic E-state index is 0.835. The quantitative estimate of drug-likeness (QED) is 0.673. The van der Waals surface area contributed by atoms with Crippen LogP contribution in [0.4, 0.5) is 0 Å². The van der Waals surface area contributed by atoms with Gasteiger partial charge in [0.25, 0.3) is 0 Å². The standard InChI is InChI=1S/C16H25NO2/c1(6-10-17-11-14-18-15-12-17)2-7-13-19-16-8-4-3-5-9-16/h3-5,8-9H,1-2,6-7,10-15H2. The van der Waals surface area contributed by atoms with Crippen LogP contribution in [-0.2, 0) is 4.74 Å². The summed E-state index contributed by atoms with van der Waals surface area (Å²) in [6, 6.07) is 10.1. The lowest BCUT2D eigenvalue weighted by atomic mass is 10.2. The van der Waals surface area contributed by atoms with E-state index < -0.39 is 0 Å². The molecule has 3 heteroatoms. The number of benzene rings is 1. The Kier molecular flexibility index (Phi) is 6.75. The summed E-state index contributed by atoms with van der Waals surface area (Å²) >= 11 is 0. The predicted octanol–water partition coefficient (Wildman–Crippen LogP) is 2.96. The van der Waals surface area contributed by atoms with Gasteiger partial charge in [-0.2, -0.15) is 0 Å². The molecule has 1 aliphatic rings. The van der Waals surface area contributed by atoms with E-state index in [1.807, 2.05) is 30.3 Å². The Hall–Kier alpha value is -1.06. The molecule has 0 aliphatic carbocycles. The number of hydrogen-bond donors (Lipinski definition) is 0. The molecular weight excluding hydrogens is 238 g/mol. The summed E-state index contributed by atoms with van der Waals surface area (Å²) in [4.78, 5) is 2.50. The molecule has 1 saturated heterocycles. The number of morpholine rings is 1. The van der Waals surface area contributed by atoms with Gasteiger partial charge >= 0.3 is 0 Å². The van der Waals surface area contributed by atoms with Crippen LogP contribution in [0.2, 0.25) is 0 Å². The molecule has 0 unspecified atom stereocenters. The summed E-state index contributed by atoms with van der Waals surface area (Å²) in [6.07, 6.45) is 5.01. The molecule has 0 saturated carbocycles. The van der Waals surface area contributed by atoms with Gasteiger partial charge < -0.3 is 9.47 Å². The van der Waals surface area contributed by atoms with E-state index in [0.717, 1.165) is 45.1 Å². The third kappa shape index (κ3) is 6.08. The van der Waals surface area contributed by atoms with Crippen LogP contribution >= 0.6 is 0 Å². The maximum Gasteiger partial charge on any atom is 0.119 e. The van der Waals surface area contributed by atoms with Crippen LogP contribution in [0.5, 0.6) is 5.75 Å². The van der Waals surface area contributed by atoms with Gasteiger partial charge in [0.1, 0.15) is 5.75 Å². The molecule has 1 aliphatic heterocycles. The van der Waals surface area contributed by atoms with Crippen LogP contribution in [0.1, 0.15) is 25.7 Å². The van der Waals surface area contributed by atoms with Crippen molar-refractivity contribution in [1.82, 2.24) is 4.90 Å². The number of hydrogen-bond acceptors (Lipinski definition) is 3. The van der Waals surface area contributed by atoms with Gasteiger partial charge in [-0.3, -0.25) is 4.90 Å². The minimum Gasteiger partial charge on any atom is -0.494 e. The Morgan fingerprint density at radius 1 is 0.947 bits per heavy atom. The van der Waals surface area contributed by atoms with Gasteiger partial charge in [-0.15, -0.1) is 0 Å². The SMILES string of the molecule is c1ccc(OCCCCCCN2CCOCC2)cc1. The molecule has 2 rings (SSSR count). The van der Waals surface area contributed by atoms with E-state index in [0.29, 0.717) is 0 Å². The molecule has 19 heavy (non-hydrogen) atoms. The highest BCUT2D eigenvalue weighted by Crippen LogP contribution is 2.10. The summed E-state index contributed by atoms with van der Waals surface area (Å²) in [5, 5.41) is 0. The first-order chi connectivity index (χ1) is 9.45. The lowest BCUT2D eigenvalue weighted by Gasteiger charge is -2.26. The van der Waals surface area contributed by atoms with Crippen molar-refractivity contribution in [3.05, 3.63) is 30.3 Å². The second-order valence-corrected chi connectivity index (χ2v) is 5.03. The number of rotatable bonds is 8. The van der Waals surface area contributed by atoms with Gasteiger partial charge in [0.15, 0.2) is 0 Å². The summed E-state index contributed by atoms with van der Waals surface area (Å²) in [7, 11) is 0. The summed E-state index contributed by atoms with van der Waals surface area (Å²) in [5.41, 5.74) is 0. The molecule has 0 N–H and O–H groups in total. The first kappa shape index (κ1) is 14.4. The Morgan fingerprint density at radius 2 is 1.68 bits per heavy atom. The third-order valence-electron chi connectivity index (χ3n) is 3.48. The van der Waals surface area contributed by atoms with E-state index in [9.17, 15) is 0 Å². The maximum atomic E-state index is 5.68. The van der Waals surface area contributed by atoms with Gasteiger partial charge in [0.05, 0.1) is 19.8 Å². The molecule has 0 atom stereocenters. The highest BCUT2D eigenvalue weighted by atomic mass is 16.5. The van der Waals surface area contributed by atoms with Crippen LogP contribution in [0.3, 0.4) is 0 Å². The first-order valence-electron chi connectivity index (χ1n) is 7.43. The molecule has 0 spiro atoms. The zero-order valence-corrected chi connectivity index (χ0v) is 11.7. The Morgan fingerprint density at radius 3 is 2.47 bits per heavy atom. The minimum atomic E-state index is 0.835. The Labute approximate surface area is 116 Å². The van der Waals surface area contributed by atoms with Gasteiger partial charge in [-0.1, -0.05) is 31.0 Å². The second-order valence-electron chi connectivity index (χ2n) is 5.03. The van der Waals surface area contributed by atoms with Crippen molar-refractivity contribution in [2.45, 2.75) is 25.7 Å². The molecule has 1 heterocycles. The van der Waals surface area contributed by atoms with E-state index in [2.05, 4.69) is 4.90 Å². The first-order valence-corrected chi connectivity index (χ1v) is 7.43. The van der Waals surface area contributed by atoms with Crippen LogP contribution in [0.15, 0.2) is 30.3 Å². The Balaban J connectivity index is 1.42. The summed E-state index contributed by atoms with van der Waals surface area (Å²) in [6.45, 7) is 6.09. The molecule has 1 fully saturated rings. The molecule has 1 aromatic rings. The molecule has 0 radical (unpaired) electrons. The maximum absolute atomic E-state index is 5.68. The topological polar surface area (TPSA) is 21.7 Å². The second kappa shape index (κ2) is 8.94. The number of unbranched alkanes of at least 4 members (excludes halogenated alkanes) is 3. The van der Waals surface area contributed by atoms with Gasteiger partial charge in [-0.05, 0) is 31.5 Å². The summed E-state index contributed by atoms with van der Waals surface area (Å²) in [5.74, 6) is 0.982. The van der Waals surface area contributed by atoms with Crippen LogP contribution in [-0.4, -0.2) is 44.4 Å². The molecule has 0 amide bonds. The van der Waals surface area contributed by atoms with E-state index >= 15 is 0 Å². The van der Waals surface area contributed by atoms with Crippen LogP contribution in [0.25, 0.3) is 0 Å². The van der Waals surface area contributed by atoms with E-state index in [4.69, 9.17) is 9.47 Å². The van der Waals surface area contributed by atoms with Crippen molar-refractivity contribution in [3.8, 4) is 5.75 Å². The zero-order valence-electron chi connectivity index (χ0n) is 11.7. The van der Waals surface area contributed by atoms with Crippen molar-refractivity contribution in [2.75, 3.05) is 39.5 Å². The van der Waals surface area contributed by atoms with E-state index in [1.165, 1.54) is 25.8 Å². The van der Waals surface area contributed by atoms with Crippen LogP contribution in [0, 0.1) is 0 Å². The molecular formula is C16H25NO2. The molecule has 1 aromatic carbocycles. The highest BCUT2D eigenvalue weighted by molar-refractivity contribution is 5.20. The average molecular weight is 263 g/mol. The van der Waals surface area contributed by atoms with Crippen LogP contribution < -0.4 is 4.74 Å². The third-order valence-corrected chi connectivity index (χ3v) is 3.48. The zero-order chi connectivity index (χ0) is 13.2. The van der Waals surface area contributed by atoms with Crippen molar-refractivity contribution in [1.29, 1.82) is 0 Å². The van der Waals surface area contributed by atoms with Gasteiger partial charge in [0.2, 0.25) is 0 Å². The number of nitrogens with zero attached hydrogens (tertiary/aromatic N) is 1. The van der Waals surface area contributed by atoms with Crippen molar-refractivity contribution >= 4 is 0 Å². The van der Waals surface area contributed by atoms with Crippen molar-refractivity contribution < 1.29 is 9.47 Å². The molecule has 3 nitrogen and oxygen atoms in total. The fraction of sp³-hybridized carbons (Fsp3) is 0.625. The molecule has 0 bridgehead atoms. The van der Waals surface area contributed by atoms with Gasteiger partial charge in [0, 0.05) is 13.1 Å². The predicted molar refractivity (Wildman–Crippen MR) is 77.7 cm³/mol. The van der Waals surface area contributed by atoms with E-state index in [1.54, 1.807) is 0 Å². The summed E-state index contributed by atoms with van der Waals surface area (Å²) < 4.78 is 11.0. The smallest absolute Gasteiger partial charge is 0.119 e. The molecule has 0 aromatic heterocycles. The largest absolute Gasteiger partial charge is 0.494 e. The van der Waals surface area contributed by atoms with Gasteiger partial charge in [-0.25, -0.2) is 0 Å². The highest BCUT2D eigenvalue weighted by Gasteiger charge is 2.08.